The Morgan fingerprint density at radius 1 is 1.11 bits per heavy atom. The molecule has 0 bridgehead atoms. The van der Waals surface area contributed by atoms with E-state index in [1.54, 1.807) is 0 Å². The Kier molecular flexibility index (Phi) is 5.89. The van der Waals surface area contributed by atoms with Crippen LogP contribution in [-0.2, 0) is 11.2 Å². The van der Waals surface area contributed by atoms with Crippen LogP contribution in [0.2, 0.25) is 0 Å². The molecule has 0 saturated carbocycles. The zero-order chi connectivity index (χ0) is 13.3. The summed E-state index contributed by atoms with van der Waals surface area (Å²) in [4.78, 5) is 13.8. The highest BCUT2D eigenvalue weighted by atomic mass is 16.2. The van der Waals surface area contributed by atoms with Crippen LogP contribution in [0.4, 0.5) is 0 Å². The second kappa shape index (κ2) is 7.95. The number of amides is 1. The number of aryl methyl sites for hydroxylation is 1. The van der Waals surface area contributed by atoms with E-state index in [2.05, 4.69) is 29.6 Å². The lowest BCUT2D eigenvalue weighted by molar-refractivity contribution is -0.130. The van der Waals surface area contributed by atoms with Crippen LogP contribution < -0.4 is 5.32 Å². The number of rotatable bonds is 7. The monoisotopic (exact) mass is 260 g/mol. The molecule has 1 aliphatic rings. The number of nitrogens with one attached hydrogen (secondary N) is 1. The number of hydrogen-bond donors (Lipinski definition) is 1. The average Bonchev–Trinajstić information content (AvgIpc) is 2.98. The zero-order valence-electron chi connectivity index (χ0n) is 11.6. The van der Waals surface area contributed by atoms with E-state index in [0.29, 0.717) is 12.3 Å². The van der Waals surface area contributed by atoms with Crippen molar-refractivity contribution in [2.45, 2.75) is 32.1 Å². The highest BCUT2D eigenvalue weighted by Gasteiger charge is 2.16. The van der Waals surface area contributed by atoms with Crippen molar-refractivity contribution in [3.63, 3.8) is 0 Å². The van der Waals surface area contributed by atoms with Crippen LogP contribution in [0.3, 0.4) is 0 Å². The molecule has 1 fully saturated rings. The number of hydrogen-bond acceptors (Lipinski definition) is 2. The van der Waals surface area contributed by atoms with Gasteiger partial charge in [0, 0.05) is 26.1 Å². The molecule has 0 aliphatic carbocycles. The van der Waals surface area contributed by atoms with Gasteiger partial charge in [-0.3, -0.25) is 4.79 Å². The Morgan fingerprint density at radius 3 is 2.58 bits per heavy atom. The number of benzene rings is 1. The molecule has 3 heteroatoms. The lowest BCUT2D eigenvalue weighted by Gasteiger charge is -2.15. The average molecular weight is 260 g/mol. The largest absolute Gasteiger partial charge is 0.343 e. The van der Waals surface area contributed by atoms with E-state index in [1.807, 2.05) is 11.0 Å². The summed E-state index contributed by atoms with van der Waals surface area (Å²) < 4.78 is 0. The molecular weight excluding hydrogens is 236 g/mol. The van der Waals surface area contributed by atoms with Gasteiger partial charge in [-0.1, -0.05) is 30.3 Å². The normalized spacial score (nSPS) is 14.8. The number of likely N-dealkylation sites (tertiary alicyclic amines) is 1. The fourth-order valence-corrected chi connectivity index (χ4v) is 2.51. The molecule has 0 radical (unpaired) electrons. The van der Waals surface area contributed by atoms with Crippen molar-refractivity contribution in [1.29, 1.82) is 0 Å². The van der Waals surface area contributed by atoms with Gasteiger partial charge in [0.15, 0.2) is 0 Å². The highest BCUT2D eigenvalue weighted by Crippen LogP contribution is 2.08. The molecule has 1 aliphatic heterocycles. The lowest BCUT2D eigenvalue weighted by Crippen LogP contribution is -2.30. The second-order valence-corrected chi connectivity index (χ2v) is 5.18. The number of nitrogens with zero attached hydrogens (tertiary/aromatic N) is 1. The third-order valence-electron chi connectivity index (χ3n) is 3.64. The molecule has 1 heterocycles. The first-order valence-electron chi connectivity index (χ1n) is 7.39. The molecule has 0 unspecified atom stereocenters. The Bertz CT molecular complexity index is 372. The summed E-state index contributed by atoms with van der Waals surface area (Å²) in [7, 11) is 0. The van der Waals surface area contributed by atoms with Crippen LogP contribution in [0.5, 0.6) is 0 Å². The predicted octanol–water partition coefficient (Wildman–Crippen LogP) is 2.22. The molecule has 0 aromatic heterocycles. The molecule has 0 atom stereocenters. The molecule has 3 nitrogen and oxygen atoms in total. The smallest absolute Gasteiger partial charge is 0.223 e. The summed E-state index contributed by atoms with van der Waals surface area (Å²) in [6.07, 6.45) is 5.23. The Hall–Kier alpha value is -1.35. The third-order valence-corrected chi connectivity index (χ3v) is 3.64. The molecule has 2 rings (SSSR count). The van der Waals surface area contributed by atoms with Crippen LogP contribution in [-0.4, -0.2) is 37.0 Å². The predicted molar refractivity (Wildman–Crippen MR) is 78.1 cm³/mol. The third kappa shape index (κ3) is 5.03. The van der Waals surface area contributed by atoms with Crippen LogP contribution in [0.1, 0.15) is 31.2 Å². The highest BCUT2D eigenvalue weighted by molar-refractivity contribution is 5.76. The van der Waals surface area contributed by atoms with Gasteiger partial charge in [-0.15, -0.1) is 0 Å². The summed E-state index contributed by atoms with van der Waals surface area (Å²) in [6, 6.07) is 10.5. The van der Waals surface area contributed by atoms with Gasteiger partial charge < -0.3 is 10.2 Å². The molecule has 0 spiro atoms. The Labute approximate surface area is 116 Å². The summed E-state index contributed by atoms with van der Waals surface area (Å²) in [6.45, 7) is 3.73. The van der Waals surface area contributed by atoms with E-state index >= 15 is 0 Å². The molecule has 1 aromatic rings. The maximum atomic E-state index is 11.8. The second-order valence-electron chi connectivity index (χ2n) is 5.18. The van der Waals surface area contributed by atoms with Gasteiger partial charge in [0.25, 0.3) is 0 Å². The minimum Gasteiger partial charge on any atom is -0.343 e. The fourth-order valence-electron chi connectivity index (χ4n) is 2.51. The van der Waals surface area contributed by atoms with Gasteiger partial charge in [0.05, 0.1) is 0 Å². The summed E-state index contributed by atoms with van der Waals surface area (Å²) >= 11 is 0. The standard InChI is InChI=1S/C16H24N2O/c19-16(18-13-4-5-14-18)10-12-17-11-6-9-15-7-2-1-3-8-15/h1-3,7-8,17H,4-6,9-14H2. The van der Waals surface area contributed by atoms with Crippen LogP contribution in [0.25, 0.3) is 0 Å². The summed E-state index contributed by atoms with van der Waals surface area (Å²) in [5.74, 6) is 0.313. The van der Waals surface area contributed by atoms with Gasteiger partial charge >= 0.3 is 0 Å². The molecule has 1 aromatic carbocycles. The van der Waals surface area contributed by atoms with Crippen molar-refractivity contribution >= 4 is 5.91 Å². The van der Waals surface area contributed by atoms with E-state index in [-0.39, 0.29) is 0 Å². The van der Waals surface area contributed by atoms with Crippen LogP contribution in [0, 0.1) is 0 Å². The Morgan fingerprint density at radius 2 is 1.84 bits per heavy atom. The van der Waals surface area contributed by atoms with E-state index < -0.39 is 0 Å². The maximum Gasteiger partial charge on any atom is 0.223 e. The van der Waals surface area contributed by atoms with E-state index in [9.17, 15) is 4.79 Å². The molecule has 1 saturated heterocycles. The molecule has 104 valence electrons. The van der Waals surface area contributed by atoms with E-state index in [0.717, 1.165) is 39.0 Å². The molecule has 1 N–H and O–H groups in total. The van der Waals surface area contributed by atoms with Crippen molar-refractivity contribution in [2.75, 3.05) is 26.2 Å². The van der Waals surface area contributed by atoms with Crippen LogP contribution in [0.15, 0.2) is 30.3 Å². The van der Waals surface area contributed by atoms with Crippen molar-refractivity contribution in [3.05, 3.63) is 35.9 Å². The number of carbonyl (C=O) groups is 1. The van der Waals surface area contributed by atoms with Gasteiger partial charge in [0.1, 0.15) is 0 Å². The van der Waals surface area contributed by atoms with Gasteiger partial charge in [-0.2, -0.15) is 0 Å². The zero-order valence-corrected chi connectivity index (χ0v) is 11.6. The SMILES string of the molecule is O=C(CCNCCCc1ccccc1)N1CCCC1. The van der Waals surface area contributed by atoms with Crippen molar-refractivity contribution < 1.29 is 4.79 Å². The fraction of sp³-hybridized carbons (Fsp3) is 0.562. The maximum absolute atomic E-state index is 11.8. The van der Waals surface area contributed by atoms with E-state index in [1.165, 1.54) is 18.4 Å². The molecule has 19 heavy (non-hydrogen) atoms. The van der Waals surface area contributed by atoms with Crippen molar-refractivity contribution in [3.8, 4) is 0 Å². The Balaban J connectivity index is 1.49. The molecular formula is C16H24N2O. The number of carbonyl (C=O) groups excluding carboxylic acids is 1. The summed E-state index contributed by atoms with van der Waals surface area (Å²) in [5, 5.41) is 3.36. The van der Waals surface area contributed by atoms with Gasteiger partial charge in [0.2, 0.25) is 5.91 Å². The first-order valence-corrected chi connectivity index (χ1v) is 7.39. The minimum absolute atomic E-state index is 0.313. The van der Waals surface area contributed by atoms with Crippen molar-refractivity contribution in [1.82, 2.24) is 10.2 Å². The van der Waals surface area contributed by atoms with Gasteiger partial charge in [-0.05, 0) is 37.8 Å². The van der Waals surface area contributed by atoms with Crippen molar-refractivity contribution in [2.24, 2.45) is 0 Å². The minimum atomic E-state index is 0.313. The quantitative estimate of drug-likeness (QED) is 0.762. The molecule has 1 amide bonds. The first kappa shape index (κ1) is 14.1. The topological polar surface area (TPSA) is 32.3 Å². The summed E-state index contributed by atoms with van der Waals surface area (Å²) in [5.41, 5.74) is 1.39. The van der Waals surface area contributed by atoms with Gasteiger partial charge in [-0.25, -0.2) is 0 Å². The lowest BCUT2D eigenvalue weighted by atomic mass is 10.1. The first-order chi connectivity index (χ1) is 9.36. The van der Waals surface area contributed by atoms with Crippen LogP contribution >= 0.6 is 0 Å². The van der Waals surface area contributed by atoms with E-state index in [4.69, 9.17) is 0 Å².